The van der Waals surface area contributed by atoms with Gasteiger partial charge in [-0.15, -0.1) is 5.11 Å². The molecule has 0 spiro atoms. The predicted molar refractivity (Wildman–Crippen MR) is 63.6 cm³/mol. The lowest BCUT2D eigenvalue weighted by Gasteiger charge is -1.94. The zero-order chi connectivity index (χ0) is 13.1. The van der Waals surface area contributed by atoms with Crippen LogP contribution in [0.1, 0.15) is 21.8 Å². The first-order chi connectivity index (χ1) is 8.58. The molecular weight excluding hydrogens is 234 g/mol. The summed E-state index contributed by atoms with van der Waals surface area (Å²) in [5.74, 6) is -0.373. The summed E-state index contributed by atoms with van der Waals surface area (Å²) in [6.07, 6.45) is 0. The molecule has 6 heteroatoms. The van der Waals surface area contributed by atoms with Gasteiger partial charge >= 0.3 is 5.97 Å². The summed E-state index contributed by atoms with van der Waals surface area (Å²) in [5.41, 5.74) is 2.04. The van der Waals surface area contributed by atoms with Gasteiger partial charge in [0.15, 0.2) is 11.4 Å². The second-order valence-corrected chi connectivity index (χ2v) is 3.72. The Morgan fingerprint density at radius 2 is 1.89 bits per heavy atom. The first-order valence-electron chi connectivity index (χ1n) is 5.26. The van der Waals surface area contributed by atoms with E-state index in [9.17, 15) is 4.79 Å². The van der Waals surface area contributed by atoms with Crippen LogP contribution < -0.4 is 0 Å². The van der Waals surface area contributed by atoms with Crippen LogP contribution in [0.3, 0.4) is 0 Å². The van der Waals surface area contributed by atoms with Crippen LogP contribution in [-0.4, -0.2) is 16.2 Å². The zero-order valence-corrected chi connectivity index (χ0v) is 9.91. The van der Waals surface area contributed by atoms with Crippen molar-refractivity contribution in [2.24, 2.45) is 10.2 Å². The highest BCUT2D eigenvalue weighted by Gasteiger charge is 2.07. The summed E-state index contributed by atoms with van der Waals surface area (Å²) in [4.78, 5) is 10.7. The van der Waals surface area contributed by atoms with E-state index < -0.39 is 5.97 Å². The third-order valence-corrected chi connectivity index (χ3v) is 2.38. The van der Waals surface area contributed by atoms with Crippen LogP contribution >= 0.6 is 0 Å². The van der Waals surface area contributed by atoms with Crippen molar-refractivity contribution in [1.82, 2.24) is 5.16 Å². The molecule has 1 aromatic carbocycles. The van der Waals surface area contributed by atoms with Gasteiger partial charge in [-0.05, 0) is 38.1 Å². The van der Waals surface area contributed by atoms with Gasteiger partial charge in [0.05, 0.1) is 11.3 Å². The minimum Gasteiger partial charge on any atom is -0.478 e. The molecule has 1 aromatic heterocycles. The smallest absolute Gasteiger partial charge is 0.335 e. The number of azo groups is 1. The summed E-state index contributed by atoms with van der Waals surface area (Å²) in [6, 6.07) is 6.13. The van der Waals surface area contributed by atoms with Gasteiger partial charge < -0.3 is 9.63 Å². The lowest BCUT2D eigenvalue weighted by Crippen LogP contribution is -1.93. The normalized spacial score (nSPS) is 11.0. The molecule has 0 saturated carbocycles. The van der Waals surface area contributed by atoms with Crippen molar-refractivity contribution < 1.29 is 14.4 Å². The molecule has 2 rings (SSSR count). The first kappa shape index (κ1) is 12.0. The second-order valence-electron chi connectivity index (χ2n) is 3.72. The third-order valence-electron chi connectivity index (χ3n) is 2.38. The Bertz CT molecular complexity index is 580. The van der Waals surface area contributed by atoms with Gasteiger partial charge in [-0.3, -0.25) is 0 Å². The second kappa shape index (κ2) is 4.79. The van der Waals surface area contributed by atoms with Crippen LogP contribution in [0.4, 0.5) is 11.4 Å². The third kappa shape index (κ3) is 2.42. The van der Waals surface area contributed by atoms with E-state index in [1.54, 1.807) is 26.0 Å². The van der Waals surface area contributed by atoms with E-state index >= 15 is 0 Å². The number of carboxylic acid groups (broad SMARTS) is 1. The Labute approximate surface area is 103 Å². The molecule has 1 heterocycles. The van der Waals surface area contributed by atoms with Crippen LogP contribution in [0.5, 0.6) is 0 Å². The maximum atomic E-state index is 10.7. The number of carboxylic acids is 1. The van der Waals surface area contributed by atoms with E-state index in [2.05, 4.69) is 15.4 Å². The molecule has 92 valence electrons. The topological polar surface area (TPSA) is 88.0 Å². The van der Waals surface area contributed by atoms with Crippen molar-refractivity contribution in [2.45, 2.75) is 13.8 Å². The van der Waals surface area contributed by atoms with Gasteiger partial charge in [0.25, 0.3) is 0 Å². The molecule has 1 N–H and O–H groups in total. The average Bonchev–Trinajstić information content (AvgIpc) is 2.67. The fraction of sp³-hybridized carbons (Fsp3) is 0.167. The summed E-state index contributed by atoms with van der Waals surface area (Å²) in [5, 5.41) is 20.5. The standard InChI is InChI=1S/C12H11N3O3/c1-7-11(8(2)18-15-7)14-13-10-5-3-9(4-6-10)12(16)17/h3-6H,1-2H3,(H,16,17). The SMILES string of the molecule is Cc1noc(C)c1N=Nc1ccc(C(=O)O)cc1. The number of aryl methyl sites for hydroxylation is 2. The van der Waals surface area contributed by atoms with E-state index in [0.29, 0.717) is 22.8 Å². The molecule has 0 fully saturated rings. The number of hydrogen-bond acceptors (Lipinski definition) is 5. The summed E-state index contributed by atoms with van der Waals surface area (Å²) in [6.45, 7) is 3.53. The predicted octanol–water partition coefficient (Wildman–Crippen LogP) is 3.41. The van der Waals surface area contributed by atoms with Gasteiger partial charge in [-0.25, -0.2) is 4.79 Å². The van der Waals surface area contributed by atoms with Crippen molar-refractivity contribution in [3.05, 3.63) is 41.3 Å². The number of benzene rings is 1. The number of nitrogens with zero attached hydrogens (tertiary/aromatic N) is 3. The van der Waals surface area contributed by atoms with Crippen molar-refractivity contribution in [3.63, 3.8) is 0 Å². The summed E-state index contributed by atoms with van der Waals surface area (Å²) >= 11 is 0. The highest BCUT2D eigenvalue weighted by atomic mass is 16.5. The Balaban J connectivity index is 2.21. The summed E-state index contributed by atoms with van der Waals surface area (Å²) in [7, 11) is 0. The number of hydrogen-bond donors (Lipinski definition) is 1. The molecular formula is C12H11N3O3. The van der Waals surface area contributed by atoms with Gasteiger partial charge in [0, 0.05) is 0 Å². The molecule has 0 aliphatic heterocycles. The van der Waals surface area contributed by atoms with Crippen LogP contribution in [0.2, 0.25) is 0 Å². The van der Waals surface area contributed by atoms with Crippen molar-refractivity contribution in [3.8, 4) is 0 Å². The highest BCUT2D eigenvalue weighted by molar-refractivity contribution is 5.87. The maximum Gasteiger partial charge on any atom is 0.335 e. The Kier molecular flexibility index (Phi) is 3.18. The molecule has 0 saturated heterocycles. The molecule has 18 heavy (non-hydrogen) atoms. The van der Waals surface area contributed by atoms with E-state index in [1.165, 1.54) is 12.1 Å². The van der Waals surface area contributed by atoms with Crippen LogP contribution in [0, 0.1) is 13.8 Å². The molecule has 0 atom stereocenters. The molecule has 0 bridgehead atoms. The fourth-order valence-corrected chi connectivity index (χ4v) is 1.40. The van der Waals surface area contributed by atoms with E-state index in [1.807, 2.05) is 0 Å². The number of carbonyl (C=O) groups is 1. The monoisotopic (exact) mass is 245 g/mol. The van der Waals surface area contributed by atoms with Crippen molar-refractivity contribution in [1.29, 1.82) is 0 Å². The van der Waals surface area contributed by atoms with Gasteiger partial charge in [0.2, 0.25) is 0 Å². The van der Waals surface area contributed by atoms with Gasteiger partial charge in [-0.2, -0.15) is 5.11 Å². The Morgan fingerprint density at radius 1 is 1.22 bits per heavy atom. The Hall–Kier alpha value is -2.50. The number of rotatable bonds is 3. The van der Waals surface area contributed by atoms with E-state index in [-0.39, 0.29) is 5.56 Å². The van der Waals surface area contributed by atoms with E-state index in [4.69, 9.17) is 9.63 Å². The minimum atomic E-state index is -0.968. The summed E-state index contributed by atoms with van der Waals surface area (Å²) < 4.78 is 4.95. The van der Waals surface area contributed by atoms with Crippen molar-refractivity contribution in [2.75, 3.05) is 0 Å². The van der Waals surface area contributed by atoms with Crippen LogP contribution in [0.15, 0.2) is 39.0 Å². The molecule has 0 radical (unpaired) electrons. The van der Waals surface area contributed by atoms with Crippen LogP contribution in [0.25, 0.3) is 0 Å². The van der Waals surface area contributed by atoms with Gasteiger partial charge in [0.1, 0.15) is 5.69 Å². The highest BCUT2D eigenvalue weighted by Crippen LogP contribution is 2.25. The Morgan fingerprint density at radius 3 is 2.39 bits per heavy atom. The average molecular weight is 245 g/mol. The lowest BCUT2D eigenvalue weighted by atomic mass is 10.2. The number of aromatic nitrogens is 1. The van der Waals surface area contributed by atoms with E-state index in [0.717, 1.165) is 0 Å². The molecule has 6 nitrogen and oxygen atoms in total. The molecule has 0 aliphatic rings. The zero-order valence-electron chi connectivity index (χ0n) is 9.91. The van der Waals surface area contributed by atoms with Crippen molar-refractivity contribution >= 4 is 17.3 Å². The lowest BCUT2D eigenvalue weighted by molar-refractivity contribution is 0.0697. The quantitative estimate of drug-likeness (QED) is 0.839. The van der Waals surface area contributed by atoms with Gasteiger partial charge in [-0.1, -0.05) is 5.16 Å². The first-order valence-corrected chi connectivity index (χ1v) is 5.26. The molecule has 0 aliphatic carbocycles. The largest absolute Gasteiger partial charge is 0.478 e. The minimum absolute atomic E-state index is 0.214. The molecule has 0 amide bonds. The maximum absolute atomic E-state index is 10.7. The number of aromatic carboxylic acids is 1. The molecule has 0 unspecified atom stereocenters. The molecule has 2 aromatic rings. The van der Waals surface area contributed by atoms with Crippen LogP contribution in [-0.2, 0) is 0 Å². The fourth-order valence-electron chi connectivity index (χ4n) is 1.40.